The van der Waals surface area contributed by atoms with Crippen LogP contribution in [0.4, 0.5) is 0 Å². The zero-order valence-electron chi connectivity index (χ0n) is 13.6. The predicted molar refractivity (Wildman–Crippen MR) is 89.1 cm³/mol. The number of fused-ring (bicyclic) bond motifs is 1. The Hall–Kier alpha value is -1.46. The molecule has 0 radical (unpaired) electrons. The van der Waals surface area contributed by atoms with Gasteiger partial charge in [-0.15, -0.1) is 0 Å². The first-order valence-electron chi connectivity index (χ1n) is 8.11. The largest absolute Gasteiger partial charge is 0.486 e. The fourth-order valence-electron chi connectivity index (χ4n) is 3.25. The Labute approximate surface area is 141 Å². The van der Waals surface area contributed by atoms with Gasteiger partial charge in [0.2, 0.25) is 5.91 Å². The lowest BCUT2D eigenvalue weighted by molar-refractivity contribution is -0.130. The molecule has 23 heavy (non-hydrogen) atoms. The molecule has 2 aliphatic heterocycles. The third kappa shape index (κ3) is 3.72. The highest BCUT2D eigenvalue weighted by atomic mass is 35.5. The molecular weight excluding hydrogens is 316 g/mol. The van der Waals surface area contributed by atoms with Crippen LogP contribution in [0.3, 0.4) is 0 Å². The van der Waals surface area contributed by atoms with Crippen molar-refractivity contribution in [3.63, 3.8) is 0 Å². The van der Waals surface area contributed by atoms with Gasteiger partial charge in [0, 0.05) is 32.6 Å². The molecule has 126 valence electrons. The van der Waals surface area contributed by atoms with Crippen molar-refractivity contribution in [3.8, 4) is 11.5 Å². The van der Waals surface area contributed by atoms with Crippen LogP contribution < -0.4 is 14.8 Å². The first-order chi connectivity index (χ1) is 11.0. The van der Waals surface area contributed by atoms with E-state index in [2.05, 4.69) is 12.2 Å². The molecular formula is C17H23ClN2O3. The number of likely N-dealkylation sites (tertiary alicyclic amines) is 1. The van der Waals surface area contributed by atoms with Crippen LogP contribution >= 0.6 is 11.6 Å². The molecule has 1 amide bonds. The number of nitrogens with zero attached hydrogens (tertiary/aromatic N) is 1. The van der Waals surface area contributed by atoms with E-state index in [1.165, 1.54) is 0 Å². The van der Waals surface area contributed by atoms with Gasteiger partial charge >= 0.3 is 0 Å². The number of halogens is 1. The van der Waals surface area contributed by atoms with Crippen molar-refractivity contribution in [3.05, 3.63) is 22.7 Å². The summed E-state index contributed by atoms with van der Waals surface area (Å²) >= 11 is 6.27. The van der Waals surface area contributed by atoms with Crippen molar-refractivity contribution in [2.45, 2.75) is 32.9 Å². The summed E-state index contributed by atoms with van der Waals surface area (Å²) in [6, 6.07) is 4.32. The summed E-state index contributed by atoms with van der Waals surface area (Å²) in [5.41, 5.74) is 1.08. The molecule has 0 unspecified atom stereocenters. The molecule has 2 heterocycles. The topological polar surface area (TPSA) is 50.8 Å². The zero-order valence-corrected chi connectivity index (χ0v) is 14.4. The van der Waals surface area contributed by atoms with E-state index in [1.807, 2.05) is 17.0 Å². The number of carbonyl (C=O) groups is 1. The van der Waals surface area contributed by atoms with Crippen LogP contribution in [0.5, 0.6) is 11.5 Å². The van der Waals surface area contributed by atoms with Crippen LogP contribution in [-0.2, 0) is 11.3 Å². The first-order valence-corrected chi connectivity index (χ1v) is 8.49. The maximum absolute atomic E-state index is 11.5. The Balaban J connectivity index is 1.60. The van der Waals surface area contributed by atoms with Gasteiger partial charge in [-0.2, -0.15) is 0 Å². The fraction of sp³-hybridized carbons (Fsp3) is 0.588. The van der Waals surface area contributed by atoms with Crippen molar-refractivity contribution in [2.24, 2.45) is 5.92 Å². The van der Waals surface area contributed by atoms with Crippen LogP contribution in [0.15, 0.2) is 12.1 Å². The molecule has 1 fully saturated rings. The van der Waals surface area contributed by atoms with E-state index in [4.69, 9.17) is 21.1 Å². The third-order valence-electron chi connectivity index (χ3n) is 4.58. The van der Waals surface area contributed by atoms with Crippen LogP contribution in [0.25, 0.3) is 0 Å². The number of amides is 1. The van der Waals surface area contributed by atoms with Crippen molar-refractivity contribution in [1.29, 1.82) is 0 Å². The van der Waals surface area contributed by atoms with Gasteiger partial charge in [0.15, 0.2) is 11.5 Å². The van der Waals surface area contributed by atoms with Gasteiger partial charge in [-0.25, -0.2) is 0 Å². The standard InChI is InChI=1S/C17H23ClN2O3/c1-11-10-20(12(2)21)4-3-15(11)19-9-13-7-14(18)17-16(8-13)22-5-6-23-17/h7-8,11,15,19H,3-6,9-10H2,1-2H3/t11-,15+/m1/s1. The normalized spacial score (nSPS) is 23.7. The molecule has 1 aromatic rings. The maximum atomic E-state index is 11.5. The van der Waals surface area contributed by atoms with Crippen LogP contribution in [-0.4, -0.2) is 43.2 Å². The average Bonchev–Trinajstić information content (AvgIpc) is 2.53. The molecule has 1 N–H and O–H groups in total. The minimum atomic E-state index is 0.161. The lowest BCUT2D eigenvalue weighted by atomic mass is 9.93. The van der Waals surface area contributed by atoms with Gasteiger partial charge in [-0.1, -0.05) is 18.5 Å². The predicted octanol–water partition coefficient (Wildman–Crippen LogP) is 2.46. The summed E-state index contributed by atoms with van der Waals surface area (Å²) < 4.78 is 11.2. The Morgan fingerprint density at radius 2 is 2.17 bits per heavy atom. The van der Waals surface area contributed by atoms with Gasteiger partial charge in [-0.05, 0) is 30.0 Å². The van der Waals surface area contributed by atoms with Gasteiger partial charge in [-0.3, -0.25) is 4.79 Å². The fourth-order valence-corrected chi connectivity index (χ4v) is 3.54. The SMILES string of the molecule is CC(=O)N1CC[C@H](NCc2cc(Cl)c3c(c2)OCCO3)[C@H](C)C1. The maximum Gasteiger partial charge on any atom is 0.219 e. The minimum Gasteiger partial charge on any atom is -0.486 e. The number of hydrogen-bond donors (Lipinski definition) is 1. The lowest BCUT2D eigenvalue weighted by Crippen LogP contribution is -2.49. The number of rotatable bonds is 3. The van der Waals surface area contributed by atoms with E-state index >= 15 is 0 Å². The lowest BCUT2D eigenvalue weighted by Gasteiger charge is -2.37. The molecule has 3 rings (SSSR count). The summed E-state index contributed by atoms with van der Waals surface area (Å²) in [4.78, 5) is 13.4. The monoisotopic (exact) mass is 338 g/mol. The van der Waals surface area contributed by atoms with Gasteiger partial charge in [0.25, 0.3) is 0 Å². The number of piperidine rings is 1. The Kier molecular flexibility index (Phi) is 4.97. The minimum absolute atomic E-state index is 0.161. The van der Waals surface area contributed by atoms with Crippen molar-refractivity contribution < 1.29 is 14.3 Å². The Bertz CT molecular complexity index is 593. The van der Waals surface area contributed by atoms with E-state index in [-0.39, 0.29) is 5.91 Å². The van der Waals surface area contributed by atoms with E-state index in [0.717, 1.165) is 37.4 Å². The van der Waals surface area contributed by atoms with Crippen molar-refractivity contribution in [2.75, 3.05) is 26.3 Å². The van der Waals surface area contributed by atoms with Gasteiger partial charge < -0.3 is 19.7 Å². The van der Waals surface area contributed by atoms with E-state index in [9.17, 15) is 4.79 Å². The molecule has 1 saturated heterocycles. The molecule has 0 saturated carbocycles. The number of ether oxygens (including phenoxy) is 2. The highest BCUT2D eigenvalue weighted by Gasteiger charge is 2.27. The second-order valence-corrected chi connectivity index (χ2v) is 6.73. The summed E-state index contributed by atoms with van der Waals surface area (Å²) in [6.07, 6.45) is 0.971. The summed E-state index contributed by atoms with van der Waals surface area (Å²) in [5, 5.41) is 4.18. The number of carbonyl (C=O) groups excluding carboxylic acids is 1. The van der Waals surface area contributed by atoms with Crippen molar-refractivity contribution >= 4 is 17.5 Å². The summed E-state index contributed by atoms with van der Waals surface area (Å²) in [7, 11) is 0. The molecule has 2 aliphatic rings. The quantitative estimate of drug-likeness (QED) is 0.919. The summed E-state index contributed by atoms with van der Waals surface area (Å²) in [5.74, 6) is 1.96. The average molecular weight is 339 g/mol. The van der Waals surface area contributed by atoms with Gasteiger partial charge in [0.05, 0.1) is 5.02 Å². The third-order valence-corrected chi connectivity index (χ3v) is 4.86. The molecule has 0 aliphatic carbocycles. The number of nitrogens with one attached hydrogen (secondary N) is 1. The van der Waals surface area contributed by atoms with Gasteiger partial charge in [0.1, 0.15) is 13.2 Å². The molecule has 0 aromatic heterocycles. The molecule has 0 spiro atoms. The molecule has 2 atom stereocenters. The second kappa shape index (κ2) is 6.97. The van der Waals surface area contributed by atoms with Crippen LogP contribution in [0.1, 0.15) is 25.8 Å². The smallest absolute Gasteiger partial charge is 0.219 e. The second-order valence-electron chi connectivity index (χ2n) is 6.32. The molecule has 1 aromatic carbocycles. The zero-order chi connectivity index (χ0) is 16.4. The summed E-state index contributed by atoms with van der Waals surface area (Å²) in [6.45, 7) is 7.28. The highest BCUT2D eigenvalue weighted by molar-refractivity contribution is 6.32. The first kappa shape index (κ1) is 16.4. The van der Waals surface area contributed by atoms with E-state index in [1.54, 1.807) is 6.92 Å². The number of benzene rings is 1. The Morgan fingerprint density at radius 3 is 2.91 bits per heavy atom. The van der Waals surface area contributed by atoms with Crippen LogP contribution in [0.2, 0.25) is 5.02 Å². The molecule has 0 bridgehead atoms. The molecule has 5 nitrogen and oxygen atoms in total. The highest BCUT2D eigenvalue weighted by Crippen LogP contribution is 2.38. The number of hydrogen-bond acceptors (Lipinski definition) is 4. The van der Waals surface area contributed by atoms with E-state index in [0.29, 0.717) is 35.9 Å². The molecule has 6 heteroatoms. The van der Waals surface area contributed by atoms with Crippen molar-refractivity contribution in [1.82, 2.24) is 10.2 Å². The Morgan fingerprint density at radius 1 is 1.39 bits per heavy atom. The van der Waals surface area contributed by atoms with Crippen LogP contribution in [0, 0.1) is 5.92 Å². The van der Waals surface area contributed by atoms with E-state index < -0.39 is 0 Å².